The lowest BCUT2D eigenvalue weighted by molar-refractivity contribution is -0.120. The lowest BCUT2D eigenvalue weighted by atomic mass is 10.1. The van der Waals surface area contributed by atoms with Gasteiger partial charge in [-0.05, 0) is 25.6 Å². The monoisotopic (exact) mass is 399 g/mol. The molecule has 2 heterocycles. The summed E-state index contributed by atoms with van der Waals surface area (Å²) in [5, 5.41) is 9.79. The average molecular weight is 400 g/mol. The SMILES string of the molecule is CCN(CC)Cc1csc(CNC(=O)Cc2nc(-c3ccccc3C)no2)n1. The van der Waals surface area contributed by atoms with Crippen molar-refractivity contribution in [2.24, 2.45) is 0 Å². The van der Waals surface area contributed by atoms with Crippen molar-refractivity contribution in [2.45, 2.75) is 40.3 Å². The Balaban J connectivity index is 1.51. The normalized spacial score (nSPS) is 11.1. The first-order chi connectivity index (χ1) is 13.6. The number of hydrogen-bond acceptors (Lipinski definition) is 7. The van der Waals surface area contributed by atoms with Crippen LogP contribution in [0.4, 0.5) is 0 Å². The van der Waals surface area contributed by atoms with Gasteiger partial charge < -0.3 is 9.84 Å². The zero-order valence-electron chi connectivity index (χ0n) is 16.4. The van der Waals surface area contributed by atoms with Crippen molar-refractivity contribution in [1.29, 1.82) is 0 Å². The lowest BCUT2D eigenvalue weighted by Gasteiger charge is -2.15. The van der Waals surface area contributed by atoms with Crippen LogP contribution in [0.5, 0.6) is 0 Å². The quantitative estimate of drug-likeness (QED) is 0.595. The molecule has 3 aromatic rings. The van der Waals surface area contributed by atoms with Crippen LogP contribution in [-0.2, 0) is 24.3 Å². The Hall–Kier alpha value is -2.58. The van der Waals surface area contributed by atoms with Crippen molar-refractivity contribution in [3.8, 4) is 11.4 Å². The molecule has 0 bridgehead atoms. The summed E-state index contributed by atoms with van der Waals surface area (Å²) in [7, 11) is 0. The van der Waals surface area contributed by atoms with Gasteiger partial charge in [0.25, 0.3) is 0 Å². The number of thiazole rings is 1. The van der Waals surface area contributed by atoms with Crippen LogP contribution in [0.1, 0.15) is 36.0 Å². The average Bonchev–Trinajstić information content (AvgIpc) is 3.34. The summed E-state index contributed by atoms with van der Waals surface area (Å²) in [5.74, 6) is 0.638. The van der Waals surface area contributed by atoms with Gasteiger partial charge in [0.2, 0.25) is 17.6 Å². The number of nitrogens with one attached hydrogen (secondary N) is 1. The van der Waals surface area contributed by atoms with Crippen molar-refractivity contribution in [3.05, 3.63) is 51.8 Å². The fraction of sp³-hybridized carbons (Fsp3) is 0.400. The molecule has 2 aromatic heterocycles. The number of hydrogen-bond donors (Lipinski definition) is 1. The molecule has 0 unspecified atom stereocenters. The van der Waals surface area contributed by atoms with Crippen LogP contribution in [0.3, 0.4) is 0 Å². The number of aryl methyl sites for hydroxylation is 1. The minimum Gasteiger partial charge on any atom is -0.349 e. The summed E-state index contributed by atoms with van der Waals surface area (Å²) in [6.45, 7) is 9.49. The van der Waals surface area contributed by atoms with Crippen LogP contribution in [0.15, 0.2) is 34.2 Å². The molecule has 0 spiro atoms. The van der Waals surface area contributed by atoms with E-state index in [-0.39, 0.29) is 12.3 Å². The third-order valence-corrected chi connectivity index (χ3v) is 5.38. The molecule has 3 rings (SSSR count). The number of nitrogens with zero attached hydrogens (tertiary/aromatic N) is 4. The molecule has 0 saturated carbocycles. The molecule has 0 saturated heterocycles. The molecule has 8 heteroatoms. The van der Waals surface area contributed by atoms with Crippen molar-refractivity contribution >= 4 is 17.2 Å². The van der Waals surface area contributed by atoms with E-state index >= 15 is 0 Å². The molecule has 1 aromatic carbocycles. The molecule has 0 aliphatic carbocycles. The van der Waals surface area contributed by atoms with E-state index in [1.165, 1.54) is 0 Å². The van der Waals surface area contributed by atoms with Gasteiger partial charge in [-0.2, -0.15) is 4.98 Å². The van der Waals surface area contributed by atoms with E-state index in [2.05, 4.69) is 39.2 Å². The van der Waals surface area contributed by atoms with E-state index < -0.39 is 0 Å². The zero-order chi connectivity index (χ0) is 19.9. The number of aromatic nitrogens is 3. The Kier molecular flexibility index (Phi) is 6.89. The molecule has 0 aliphatic heterocycles. The van der Waals surface area contributed by atoms with E-state index in [1.807, 2.05) is 36.6 Å². The Labute approximate surface area is 168 Å². The second kappa shape index (κ2) is 9.57. The zero-order valence-corrected chi connectivity index (χ0v) is 17.3. The van der Waals surface area contributed by atoms with Crippen LogP contribution in [0, 0.1) is 6.92 Å². The van der Waals surface area contributed by atoms with E-state index in [0.29, 0.717) is 18.3 Å². The van der Waals surface area contributed by atoms with Gasteiger partial charge in [-0.3, -0.25) is 9.69 Å². The van der Waals surface area contributed by atoms with Crippen molar-refractivity contribution in [3.63, 3.8) is 0 Å². The smallest absolute Gasteiger partial charge is 0.236 e. The third kappa shape index (κ3) is 5.24. The Bertz CT molecular complexity index is 917. The van der Waals surface area contributed by atoms with Gasteiger partial charge in [0, 0.05) is 17.5 Å². The highest BCUT2D eigenvalue weighted by molar-refractivity contribution is 7.09. The Morgan fingerprint density at radius 2 is 2.00 bits per heavy atom. The minimum absolute atomic E-state index is 0.0521. The molecule has 0 fully saturated rings. The standard InChI is InChI=1S/C20H25N5O2S/c1-4-25(5-2)12-15-13-28-19(22-15)11-21-17(26)10-18-23-20(24-27-18)16-9-7-6-8-14(16)3/h6-9,13H,4-5,10-12H2,1-3H3,(H,21,26). The first-order valence-corrected chi connectivity index (χ1v) is 10.3. The summed E-state index contributed by atoms with van der Waals surface area (Å²) in [6, 6.07) is 7.80. The van der Waals surface area contributed by atoms with E-state index in [4.69, 9.17) is 4.52 Å². The van der Waals surface area contributed by atoms with Gasteiger partial charge in [0.05, 0.1) is 12.2 Å². The first-order valence-electron chi connectivity index (χ1n) is 9.40. The topological polar surface area (TPSA) is 84.2 Å². The highest BCUT2D eigenvalue weighted by atomic mass is 32.1. The summed E-state index contributed by atoms with van der Waals surface area (Å²) < 4.78 is 5.23. The molecular weight excluding hydrogens is 374 g/mol. The van der Waals surface area contributed by atoms with E-state index in [0.717, 1.165) is 41.5 Å². The summed E-state index contributed by atoms with van der Waals surface area (Å²) in [6.07, 6.45) is 0.0521. The van der Waals surface area contributed by atoms with E-state index in [9.17, 15) is 4.79 Å². The van der Waals surface area contributed by atoms with Gasteiger partial charge in [-0.15, -0.1) is 11.3 Å². The summed E-state index contributed by atoms with van der Waals surface area (Å²) >= 11 is 1.56. The van der Waals surface area contributed by atoms with Gasteiger partial charge in [0.1, 0.15) is 11.4 Å². The van der Waals surface area contributed by atoms with E-state index in [1.54, 1.807) is 11.3 Å². The van der Waals surface area contributed by atoms with Gasteiger partial charge >= 0.3 is 0 Å². The predicted octanol–water partition coefficient (Wildman–Crippen LogP) is 3.20. The molecule has 1 amide bonds. The first kappa shape index (κ1) is 20.2. The van der Waals surface area contributed by atoms with Gasteiger partial charge in [0.15, 0.2) is 0 Å². The Morgan fingerprint density at radius 1 is 1.21 bits per heavy atom. The third-order valence-electron chi connectivity index (χ3n) is 4.48. The number of benzene rings is 1. The highest BCUT2D eigenvalue weighted by Gasteiger charge is 2.14. The molecule has 0 atom stereocenters. The lowest BCUT2D eigenvalue weighted by Crippen LogP contribution is -2.25. The van der Waals surface area contributed by atoms with Crippen molar-refractivity contribution < 1.29 is 9.32 Å². The minimum atomic E-state index is -0.166. The van der Waals surface area contributed by atoms with Gasteiger partial charge in [-0.25, -0.2) is 4.98 Å². The molecule has 7 nitrogen and oxygen atoms in total. The van der Waals surface area contributed by atoms with Crippen LogP contribution in [0.25, 0.3) is 11.4 Å². The molecule has 0 aliphatic rings. The molecule has 0 radical (unpaired) electrons. The second-order valence-corrected chi connectivity index (χ2v) is 7.42. The Morgan fingerprint density at radius 3 is 2.75 bits per heavy atom. The maximum atomic E-state index is 12.2. The van der Waals surface area contributed by atoms with Crippen molar-refractivity contribution in [2.75, 3.05) is 13.1 Å². The molecule has 1 N–H and O–H groups in total. The van der Waals surface area contributed by atoms with Crippen LogP contribution in [-0.4, -0.2) is 39.0 Å². The molecular formula is C20H25N5O2S. The van der Waals surface area contributed by atoms with Crippen LogP contribution >= 0.6 is 11.3 Å². The second-order valence-electron chi connectivity index (χ2n) is 6.47. The number of amides is 1. The number of carbonyl (C=O) groups excluding carboxylic acids is 1. The maximum absolute atomic E-state index is 12.2. The molecule has 148 valence electrons. The van der Waals surface area contributed by atoms with Gasteiger partial charge in [-0.1, -0.05) is 43.3 Å². The largest absolute Gasteiger partial charge is 0.349 e. The van der Waals surface area contributed by atoms with Crippen molar-refractivity contribution in [1.82, 2.24) is 25.3 Å². The highest BCUT2D eigenvalue weighted by Crippen LogP contribution is 2.20. The maximum Gasteiger partial charge on any atom is 0.236 e. The predicted molar refractivity (Wildman–Crippen MR) is 109 cm³/mol. The number of carbonyl (C=O) groups is 1. The number of rotatable bonds is 9. The fourth-order valence-electron chi connectivity index (χ4n) is 2.81. The molecule has 28 heavy (non-hydrogen) atoms. The fourth-order valence-corrected chi connectivity index (χ4v) is 3.54. The van der Waals surface area contributed by atoms with Crippen LogP contribution in [0.2, 0.25) is 0 Å². The summed E-state index contributed by atoms with van der Waals surface area (Å²) in [5.41, 5.74) is 3.00. The van der Waals surface area contributed by atoms with Crippen LogP contribution < -0.4 is 5.32 Å². The summed E-state index contributed by atoms with van der Waals surface area (Å²) in [4.78, 5) is 23.4.